The molecular weight excluding hydrogens is 416 g/mol. The molecule has 0 fully saturated rings. The van der Waals surface area contributed by atoms with Crippen molar-refractivity contribution < 1.29 is 9.47 Å². The number of H-pyrrole nitrogens is 1. The fraction of sp³-hybridized carbons (Fsp3) is 0.160. The SMILES string of the molecule is COc1cccc(C(CNc2cncc(-n3cccn3)n2)c2c[nH]c3ccccc23)c1OC. The van der Waals surface area contributed by atoms with Crippen LogP contribution in [0.2, 0.25) is 0 Å². The lowest BCUT2D eigenvalue weighted by atomic mass is 9.90. The van der Waals surface area contributed by atoms with Crippen LogP contribution >= 0.6 is 0 Å². The number of aromatic amines is 1. The number of para-hydroxylation sites is 2. The third-order valence-corrected chi connectivity index (χ3v) is 5.65. The molecule has 166 valence electrons. The summed E-state index contributed by atoms with van der Waals surface area (Å²) in [6.45, 7) is 0.572. The van der Waals surface area contributed by atoms with Gasteiger partial charge in [0.25, 0.3) is 0 Å². The first-order valence-corrected chi connectivity index (χ1v) is 10.6. The van der Waals surface area contributed by atoms with Gasteiger partial charge in [0.15, 0.2) is 17.3 Å². The third-order valence-electron chi connectivity index (χ3n) is 5.65. The molecule has 1 unspecified atom stereocenters. The molecule has 2 N–H and O–H groups in total. The Morgan fingerprint density at radius 2 is 1.91 bits per heavy atom. The van der Waals surface area contributed by atoms with Crippen molar-refractivity contribution in [3.63, 3.8) is 0 Å². The molecule has 0 aliphatic rings. The highest BCUT2D eigenvalue weighted by molar-refractivity contribution is 5.84. The fourth-order valence-corrected chi connectivity index (χ4v) is 4.12. The average Bonchev–Trinajstić information content (AvgIpc) is 3.55. The number of nitrogens with zero attached hydrogens (tertiary/aromatic N) is 4. The van der Waals surface area contributed by atoms with Crippen LogP contribution in [0.15, 0.2) is 79.5 Å². The van der Waals surface area contributed by atoms with Crippen molar-refractivity contribution in [2.24, 2.45) is 0 Å². The van der Waals surface area contributed by atoms with E-state index < -0.39 is 0 Å². The van der Waals surface area contributed by atoms with Gasteiger partial charge in [0, 0.05) is 47.5 Å². The van der Waals surface area contributed by atoms with Crippen molar-refractivity contribution >= 4 is 16.7 Å². The van der Waals surface area contributed by atoms with Crippen LogP contribution in [0.3, 0.4) is 0 Å². The van der Waals surface area contributed by atoms with Gasteiger partial charge >= 0.3 is 0 Å². The first-order chi connectivity index (χ1) is 16.3. The maximum Gasteiger partial charge on any atom is 0.173 e. The first kappa shape index (κ1) is 20.6. The molecule has 2 aromatic carbocycles. The molecule has 0 spiro atoms. The molecule has 0 aliphatic heterocycles. The number of fused-ring (bicyclic) bond motifs is 1. The van der Waals surface area contributed by atoms with Gasteiger partial charge in [0.1, 0.15) is 5.82 Å². The lowest BCUT2D eigenvalue weighted by Crippen LogP contribution is -2.16. The molecule has 5 rings (SSSR count). The number of benzene rings is 2. The van der Waals surface area contributed by atoms with Gasteiger partial charge in [0.05, 0.1) is 26.6 Å². The molecule has 0 aliphatic carbocycles. The van der Waals surface area contributed by atoms with E-state index in [0.717, 1.165) is 22.0 Å². The van der Waals surface area contributed by atoms with Crippen molar-refractivity contribution in [3.8, 4) is 17.3 Å². The highest BCUT2D eigenvalue weighted by atomic mass is 16.5. The van der Waals surface area contributed by atoms with Crippen molar-refractivity contribution in [1.82, 2.24) is 24.7 Å². The van der Waals surface area contributed by atoms with E-state index in [1.165, 1.54) is 0 Å². The maximum absolute atomic E-state index is 5.78. The summed E-state index contributed by atoms with van der Waals surface area (Å²) in [6.07, 6.45) is 9.00. The highest BCUT2D eigenvalue weighted by Crippen LogP contribution is 2.40. The number of ether oxygens (including phenoxy) is 2. The second kappa shape index (κ2) is 9.04. The molecule has 0 saturated heterocycles. The van der Waals surface area contributed by atoms with E-state index in [1.807, 2.05) is 36.5 Å². The van der Waals surface area contributed by atoms with Crippen molar-refractivity contribution in [1.29, 1.82) is 0 Å². The Bertz CT molecular complexity index is 1360. The molecule has 5 aromatic rings. The lowest BCUT2D eigenvalue weighted by Gasteiger charge is -2.22. The van der Waals surface area contributed by atoms with Gasteiger partial charge in [-0.05, 0) is 23.8 Å². The van der Waals surface area contributed by atoms with Crippen LogP contribution in [0.1, 0.15) is 17.0 Å². The van der Waals surface area contributed by atoms with Gasteiger partial charge in [-0.3, -0.25) is 4.98 Å². The molecule has 0 amide bonds. The van der Waals surface area contributed by atoms with Crippen LogP contribution in [-0.4, -0.2) is 45.5 Å². The van der Waals surface area contributed by atoms with E-state index >= 15 is 0 Å². The summed E-state index contributed by atoms with van der Waals surface area (Å²) in [5.74, 6) is 2.68. The average molecular weight is 441 g/mol. The van der Waals surface area contributed by atoms with Gasteiger partial charge in [-0.2, -0.15) is 5.10 Å². The summed E-state index contributed by atoms with van der Waals surface area (Å²) in [7, 11) is 3.32. The number of anilines is 1. The Hall–Kier alpha value is -4.33. The van der Waals surface area contributed by atoms with Crippen LogP contribution in [-0.2, 0) is 0 Å². The van der Waals surface area contributed by atoms with Crippen LogP contribution < -0.4 is 14.8 Å². The minimum Gasteiger partial charge on any atom is -0.493 e. The summed E-state index contributed by atoms with van der Waals surface area (Å²) < 4.78 is 13.0. The summed E-state index contributed by atoms with van der Waals surface area (Å²) >= 11 is 0. The number of hydrogen-bond donors (Lipinski definition) is 2. The predicted octanol–water partition coefficient (Wildman–Crippen LogP) is 4.40. The van der Waals surface area contributed by atoms with Crippen LogP contribution in [0, 0.1) is 0 Å². The minimum absolute atomic E-state index is 0.0404. The fourth-order valence-electron chi connectivity index (χ4n) is 4.12. The zero-order valence-corrected chi connectivity index (χ0v) is 18.4. The molecule has 3 heterocycles. The molecule has 3 aromatic heterocycles. The molecule has 0 saturated carbocycles. The molecule has 0 bridgehead atoms. The normalized spacial score (nSPS) is 11.9. The zero-order chi connectivity index (χ0) is 22.6. The number of nitrogens with one attached hydrogen (secondary N) is 2. The molecule has 8 nitrogen and oxygen atoms in total. The summed E-state index contributed by atoms with van der Waals surface area (Å²) in [6, 6.07) is 16.1. The summed E-state index contributed by atoms with van der Waals surface area (Å²) in [5.41, 5.74) is 3.26. The second-order valence-corrected chi connectivity index (χ2v) is 7.52. The molecule has 0 radical (unpaired) electrons. The molecule has 8 heteroatoms. The van der Waals surface area contributed by atoms with Gasteiger partial charge in [-0.25, -0.2) is 9.67 Å². The monoisotopic (exact) mass is 440 g/mol. The van der Waals surface area contributed by atoms with Crippen LogP contribution in [0.5, 0.6) is 11.5 Å². The number of aromatic nitrogens is 5. The van der Waals surface area contributed by atoms with Gasteiger partial charge in [0.2, 0.25) is 0 Å². The number of hydrogen-bond acceptors (Lipinski definition) is 6. The van der Waals surface area contributed by atoms with Gasteiger partial charge < -0.3 is 19.8 Å². The van der Waals surface area contributed by atoms with Crippen molar-refractivity contribution in [3.05, 3.63) is 90.6 Å². The molecular formula is C25H24N6O2. The standard InChI is InChI=1S/C25H24N6O2/c1-32-22-10-5-8-18(25(22)33-2)20(19-13-27-21-9-4-3-7-17(19)21)14-28-23-15-26-16-24(30-23)31-12-6-11-29-31/h3-13,15-16,20,27H,14H2,1-2H3,(H,28,30). The largest absolute Gasteiger partial charge is 0.493 e. The van der Waals surface area contributed by atoms with E-state index in [4.69, 9.17) is 9.47 Å². The molecule has 33 heavy (non-hydrogen) atoms. The predicted molar refractivity (Wildman–Crippen MR) is 127 cm³/mol. The van der Waals surface area contributed by atoms with Gasteiger partial charge in [-0.15, -0.1) is 0 Å². The smallest absolute Gasteiger partial charge is 0.173 e. The Labute approximate surface area is 191 Å². The van der Waals surface area contributed by atoms with E-state index in [0.29, 0.717) is 29.7 Å². The van der Waals surface area contributed by atoms with E-state index in [-0.39, 0.29) is 5.92 Å². The quantitative estimate of drug-likeness (QED) is 0.372. The van der Waals surface area contributed by atoms with Crippen molar-refractivity contribution in [2.75, 3.05) is 26.1 Å². The highest BCUT2D eigenvalue weighted by Gasteiger charge is 2.23. The topological polar surface area (TPSA) is 89.9 Å². The zero-order valence-electron chi connectivity index (χ0n) is 18.4. The summed E-state index contributed by atoms with van der Waals surface area (Å²) in [4.78, 5) is 12.4. The Balaban J connectivity index is 1.54. The third kappa shape index (κ3) is 3.98. The van der Waals surface area contributed by atoms with Crippen molar-refractivity contribution in [2.45, 2.75) is 5.92 Å². The number of methoxy groups -OCH3 is 2. The Kier molecular flexibility index (Phi) is 5.63. The maximum atomic E-state index is 5.78. The first-order valence-electron chi connectivity index (χ1n) is 10.6. The van der Waals surface area contributed by atoms with Crippen LogP contribution in [0.25, 0.3) is 16.7 Å². The Morgan fingerprint density at radius 3 is 2.73 bits per heavy atom. The van der Waals surface area contributed by atoms with Gasteiger partial charge in [-0.1, -0.05) is 30.3 Å². The number of rotatable bonds is 8. The van der Waals surface area contributed by atoms with E-state index in [2.05, 4.69) is 49.8 Å². The van der Waals surface area contributed by atoms with Crippen LogP contribution in [0.4, 0.5) is 5.82 Å². The second-order valence-electron chi connectivity index (χ2n) is 7.52. The van der Waals surface area contributed by atoms with E-state index in [1.54, 1.807) is 37.5 Å². The van der Waals surface area contributed by atoms with E-state index in [9.17, 15) is 0 Å². The minimum atomic E-state index is -0.0404. The Morgan fingerprint density at radius 1 is 1.00 bits per heavy atom. The lowest BCUT2D eigenvalue weighted by molar-refractivity contribution is 0.350. The summed E-state index contributed by atoms with van der Waals surface area (Å²) in [5, 5.41) is 8.86. The molecule has 1 atom stereocenters.